The Balaban J connectivity index is 1.71. The van der Waals surface area contributed by atoms with Gasteiger partial charge in [-0.2, -0.15) is 13.2 Å². The average Bonchev–Trinajstić information content (AvgIpc) is 3.32. The van der Waals surface area contributed by atoms with E-state index < -0.39 is 23.1 Å². The van der Waals surface area contributed by atoms with E-state index in [-0.39, 0.29) is 29.4 Å². The minimum Gasteiger partial charge on any atom is -0.355 e. The number of benzene rings is 2. The predicted molar refractivity (Wildman–Crippen MR) is 89.1 cm³/mol. The van der Waals surface area contributed by atoms with Crippen LogP contribution in [0.15, 0.2) is 42.5 Å². The summed E-state index contributed by atoms with van der Waals surface area (Å²) >= 11 is 0. The van der Waals surface area contributed by atoms with Gasteiger partial charge >= 0.3 is 6.18 Å². The van der Waals surface area contributed by atoms with Crippen LogP contribution in [-0.4, -0.2) is 11.4 Å². The lowest BCUT2D eigenvalue weighted by Crippen LogP contribution is -2.42. The van der Waals surface area contributed by atoms with E-state index in [9.17, 15) is 22.4 Å². The molecule has 0 radical (unpaired) electrons. The number of para-hydroxylation sites is 1. The van der Waals surface area contributed by atoms with Crippen molar-refractivity contribution in [3.63, 3.8) is 0 Å². The molecule has 1 fully saturated rings. The van der Waals surface area contributed by atoms with E-state index in [1.807, 2.05) is 0 Å². The second kappa shape index (κ2) is 6.60. The van der Waals surface area contributed by atoms with E-state index in [4.69, 9.17) is 5.73 Å². The van der Waals surface area contributed by atoms with Gasteiger partial charge in [0.25, 0.3) is 0 Å². The van der Waals surface area contributed by atoms with Gasteiger partial charge in [0.1, 0.15) is 5.82 Å². The van der Waals surface area contributed by atoms with Gasteiger partial charge in [-0.3, -0.25) is 4.79 Å². The highest BCUT2D eigenvalue weighted by Crippen LogP contribution is 2.36. The maximum atomic E-state index is 14.2. The lowest BCUT2D eigenvalue weighted by Gasteiger charge is -2.15. The molecule has 0 saturated heterocycles. The minimum atomic E-state index is -4.52. The Morgan fingerprint density at radius 3 is 2.46 bits per heavy atom. The molecule has 0 atom stereocenters. The Morgan fingerprint density at radius 1 is 1.15 bits per heavy atom. The summed E-state index contributed by atoms with van der Waals surface area (Å²) in [5.41, 5.74) is 4.28. The van der Waals surface area contributed by atoms with Gasteiger partial charge in [-0.25, -0.2) is 4.39 Å². The molecule has 0 aromatic heterocycles. The highest BCUT2D eigenvalue weighted by molar-refractivity contribution is 5.88. The number of halogens is 4. The molecule has 26 heavy (non-hydrogen) atoms. The highest BCUT2D eigenvalue weighted by Gasteiger charge is 2.45. The van der Waals surface area contributed by atoms with Crippen molar-refractivity contribution < 1.29 is 22.4 Å². The SMILES string of the molecule is NC1(C(=O)NCc2ccc(Nc3ccccc3C(F)(F)F)cc2F)CC1. The third-order valence-corrected chi connectivity index (χ3v) is 4.24. The first-order valence-electron chi connectivity index (χ1n) is 7.98. The van der Waals surface area contributed by atoms with Crippen LogP contribution in [0.3, 0.4) is 0 Å². The van der Waals surface area contributed by atoms with Gasteiger partial charge in [0.05, 0.1) is 16.8 Å². The van der Waals surface area contributed by atoms with E-state index >= 15 is 0 Å². The van der Waals surface area contributed by atoms with Gasteiger partial charge in [-0.05, 0) is 37.1 Å². The molecule has 1 aliphatic rings. The van der Waals surface area contributed by atoms with Crippen LogP contribution in [0.25, 0.3) is 0 Å². The Hall–Kier alpha value is -2.61. The Kier molecular flexibility index (Phi) is 4.62. The van der Waals surface area contributed by atoms with Gasteiger partial charge in [0, 0.05) is 17.8 Å². The van der Waals surface area contributed by atoms with Crippen LogP contribution >= 0.6 is 0 Å². The van der Waals surface area contributed by atoms with Crippen LogP contribution in [0.4, 0.5) is 28.9 Å². The van der Waals surface area contributed by atoms with Gasteiger partial charge < -0.3 is 16.4 Å². The third kappa shape index (κ3) is 3.96. The summed E-state index contributed by atoms with van der Waals surface area (Å²) in [6.45, 7) is -0.0387. The van der Waals surface area contributed by atoms with Crippen LogP contribution in [0, 0.1) is 5.82 Å². The van der Waals surface area contributed by atoms with E-state index in [0.29, 0.717) is 12.8 Å². The number of nitrogens with one attached hydrogen (secondary N) is 2. The molecule has 138 valence electrons. The number of nitrogens with two attached hydrogens (primary N) is 1. The summed E-state index contributed by atoms with van der Waals surface area (Å²) in [5, 5.41) is 5.15. The summed E-state index contributed by atoms with van der Waals surface area (Å²) in [6, 6.07) is 8.90. The number of carbonyl (C=O) groups excluding carboxylic acids is 1. The summed E-state index contributed by atoms with van der Waals surface area (Å²) in [6.07, 6.45) is -3.32. The molecule has 0 heterocycles. The second-order valence-corrected chi connectivity index (χ2v) is 6.31. The lowest BCUT2D eigenvalue weighted by molar-refractivity contribution is -0.137. The Bertz CT molecular complexity index is 831. The average molecular weight is 367 g/mol. The number of carbonyl (C=O) groups is 1. The first-order valence-corrected chi connectivity index (χ1v) is 7.98. The molecule has 0 spiro atoms. The Labute approximate surface area is 147 Å². The molecule has 0 aliphatic heterocycles. The standard InChI is InChI=1S/C18H17F4N3O/c19-14-9-12(25-15-4-2-1-3-13(15)18(20,21)22)6-5-11(14)10-24-16(26)17(23)7-8-17/h1-6,9,25H,7-8,10,23H2,(H,24,26). The maximum absolute atomic E-state index is 14.2. The fourth-order valence-corrected chi connectivity index (χ4v) is 2.48. The van der Waals surface area contributed by atoms with Crippen molar-refractivity contribution in [2.24, 2.45) is 5.73 Å². The first-order chi connectivity index (χ1) is 12.2. The lowest BCUT2D eigenvalue weighted by atomic mass is 10.1. The quantitative estimate of drug-likeness (QED) is 0.706. The zero-order chi connectivity index (χ0) is 18.9. The van der Waals surface area contributed by atoms with Crippen molar-refractivity contribution in [2.75, 3.05) is 5.32 Å². The highest BCUT2D eigenvalue weighted by atomic mass is 19.4. The fourth-order valence-electron chi connectivity index (χ4n) is 2.48. The van der Waals surface area contributed by atoms with Gasteiger partial charge in [-0.15, -0.1) is 0 Å². The predicted octanol–water partition coefficient (Wildman–Crippen LogP) is 3.70. The maximum Gasteiger partial charge on any atom is 0.418 e. The van der Waals surface area contributed by atoms with Crippen molar-refractivity contribution >= 4 is 17.3 Å². The van der Waals surface area contributed by atoms with Crippen LogP contribution < -0.4 is 16.4 Å². The van der Waals surface area contributed by atoms with E-state index in [1.54, 1.807) is 0 Å². The fraction of sp³-hybridized carbons (Fsp3) is 0.278. The summed E-state index contributed by atoms with van der Waals surface area (Å²) in [4.78, 5) is 11.8. The summed E-state index contributed by atoms with van der Waals surface area (Å²) in [7, 11) is 0. The van der Waals surface area contributed by atoms with Gasteiger partial charge in [-0.1, -0.05) is 18.2 Å². The smallest absolute Gasteiger partial charge is 0.355 e. The molecule has 1 aliphatic carbocycles. The van der Waals surface area contributed by atoms with Crippen molar-refractivity contribution in [3.05, 3.63) is 59.4 Å². The van der Waals surface area contributed by atoms with Crippen molar-refractivity contribution in [1.82, 2.24) is 5.32 Å². The van der Waals surface area contributed by atoms with E-state index in [0.717, 1.165) is 12.1 Å². The van der Waals surface area contributed by atoms with Crippen molar-refractivity contribution in [2.45, 2.75) is 31.1 Å². The monoisotopic (exact) mass is 367 g/mol. The second-order valence-electron chi connectivity index (χ2n) is 6.31. The Morgan fingerprint density at radius 2 is 1.85 bits per heavy atom. The van der Waals surface area contributed by atoms with E-state index in [2.05, 4.69) is 10.6 Å². The van der Waals surface area contributed by atoms with Crippen LogP contribution in [0.1, 0.15) is 24.0 Å². The first kappa shape index (κ1) is 18.2. The molecule has 0 unspecified atom stereocenters. The molecule has 8 heteroatoms. The largest absolute Gasteiger partial charge is 0.418 e. The molecule has 1 amide bonds. The van der Waals surface area contributed by atoms with Crippen molar-refractivity contribution in [3.8, 4) is 0 Å². The van der Waals surface area contributed by atoms with Gasteiger partial charge in [0.15, 0.2) is 0 Å². The molecule has 3 rings (SSSR count). The topological polar surface area (TPSA) is 67.2 Å². The third-order valence-electron chi connectivity index (χ3n) is 4.24. The van der Waals surface area contributed by atoms with Crippen LogP contribution in [0.5, 0.6) is 0 Å². The molecule has 2 aromatic carbocycles. The molecular formula is C18H17F4N3O. The number of anilines is 2. The number of hydrogen-bond acceptors (Lipinski definition) is 3. The van der Waals surface area contributed by atoms with Gasteiger partial charge in [0.2, 0.25) is 5.91 Å². The van der Waals surface area contributed by atoms with E-state index in [1.165, 1.54) is 30.3 Å². The molecule has 4 N–H and O–H groups in total. The normalized spacial score (nSPS) is 15.4. The molecule has 1 saturated carbocycles. The van der Waals surface area contributed by atoms with Crippen molar-refractivity contribution in [1.29, 1.82) is 0 Å². The van der Waals surface area contributed by atoms with Crippen LogP contribution in [-0.2, 0) is 17.5 Å². The molecule has 2 aromatic rings. The molecule has 4 nitrogen and oxygen atoms in total. The molecule has 0 bridgehead atoms. The number of hydrogen-bond donors (Lipinski definition) is 3. The van der Waals surface area contributed by atoms with Crippen LogP contribution in [0.2, 0.25) is 0 Å². The zero-order valence-electron chi connectivity index (χ0n) is 13.7. The minimum absolute atomic E-state index is 0.0387. The number of alkyl halides is 3. The number of rotatable bonds is 5. The number of amides is 1. The molecular weight excluding hydrogens is 350 g/mol. The zero-order valence-corrected chi connectivity index (χ0v) is 13.7. The summed E-state index contributed by atoms with van der Waals surface area (Å²) < 4.78 is 53.2. The summed E-state index contributed by atoms with van der Waals surface area (Å²) in [5.74, 6) is -0.972.